The number of hydrogen-bond donors (Lipinski definition) is 10. The van der Waals surface area contributed by atoms with Crippen LogP contribution in [0.3, 0.4) is 0 Å². The number of aromatic nitrogens is 2. The molecule has 0 aliphatic rings. The Morgan fingerprint density at radius 3 is 2.16 bits per heavy atom. The average molecular weight is 527 g/mol. The number of guanidine groups is 1. The van der Waals surface area contributed by atoms with Gasteiger partial charge in [-0.05, 0) is 38.6 Å². The van der Waals surface area contributed by atoms with E-state index < -0.39 is 54.5 Å². The fourth-order valence-corrected chi connectivity index (χ4v) is 3.27. The molecule has 1 heterocycles. The summed E-state index contributed by atoms with van der Waals surface area (Å²) in [6.45, 7) is -0.265. The third-order valence-electron chi connectivity index (χ3n) is 5.29. The molecule has 0 radical (unpaired) electrons. The molecule has 4 atom stereocenters. The first-order valence-corrected chi connectivity index (χ1v) is 11.8. The summed E-state index contributed by atoms with van der Waals surface area (Å²) < 4.78 is 0. The predicted octanol–water partition coefficient (Wildman–Crippen LogP) is -4.01. The molecular formula is C21H38N10O6. The van der Waals surface area contributed by atoms with Crippen LogP contribution in [0.5, 0.6) is 0 Å². The first kappa shape index (κ1) is 31.3. The van der Waals surface area contributed by atoms with E-state index in [1.807, 2.05) is 0 Å². The topological polar surface area (TPSA) is 290 Å². The van der Waals surface area contributed by atoms with Crippen molar-refractivity contribution in [1.82, 2.24) is 25.9 Å². The van der Waals surface area contributed by atoms with Crippen LogP contribution in [0, 0.1) is 0 Å². The molecule has 14 N–H and O–H groups in total. The molecule has 1 rings (SSSR count). The minimum atomic E-state index is -1.46. The molecule has 0 spiro atoms. The monoisotopic (exact) mass is 526 g/mol. The highest BCUT2D eigenvalue weighted by Crippen LogP contribution is 2.05. The van der Waals surface area contributed by atoms with E-state index in [2.05, 4.69) is 30.9 Å². The van der Waals surface area contributed by atoms with Crippen molar-refractivity contribution < 1.29 is 29.4 Å². The molecule has 1 aromatic rings. The lowest BCUT2D eigenvalue weighted by Gasteiger charge is -2.24. The van der Waals surface area contributed by atoms with Gasteiger partial charge in [0.05, 0.1) is 19.0 Å². The number of aliphatic hydroxyl groups excluding tert-OH is 1. The van der Waals surface area contributed by atoms with Gasteiger partial charge in [0.2, 0.25) is 17.7 Å². The molecule has 0 fully saturated rings. The zero-order valence-electron chi connectivity index (χ0n) is 20.6. The summed E-state index contributed by atoms with van der Waals surface area (Å²) in [4.78, 5) is 60.1. The highest BCUT2D eigenvalue weighted by molar-refractivity contribution is 5.94. The molecule has 3 amide bonds. The van der Waals surface area contributed by atoms with Crippen molar-refractivity contribution in [3.63, 3.8) is 0 Å². The fourth-order valence-electron chi connectivity index (χ4n) is 3.27. The number of carbonyl (C=O) groups is 4. The van der Waals surface area contributed by atoms with Gasteiger partial charge in [-0.3, -0.25) is 19.4 Å². The van der Waals surface area contributed by atoms with Gasteiger partial charge < -0.3 is 54.1 Å². The Bertz CT molecular complexity index is 890. The second kappa shape index (κ2) is 16.8. The Kier molecular flexibility index (Phi) is 14.2. The molecule has 0 saturated heterocycles. The summed E-state index contributed by atoms with van der Waals surface area (Å²) in [6.07, 6.45) is 4.69. The number of carboxylic acid groups (broad SMARTS) is 1. The maximum atomic E-state index is 12.9. The van der Waals surface area contributed by atoms with Gasteiger partial charge in [0, 0.05) is 24.9 Å². The zero-order chi connectivity index (χ0) is 27.8. The van der Waals surface area contributed by atoms with Crippen LogP contribution < -0.4 is 38.9 Å². The van der Waals surface area contributed by atoms with Crippen LogP contribution in [-0.2, 0) is 25.6 Å². The molecular weight excluding hydrogens is 488 g/mol. The van der Waals surface area contributed by atoms with Gasteiger partial charge in [0.1, 0.15) is 18.1 Å². The first-order chi connectivity index (χ1) is 17.6. The fraction of sp³-hybridized carbons (Fsp3) is 0.619. The Hall–Kier alpha value is -3.76. The summed E-state index contributed by atoms with van der Waals surface area (Å²) in [7, 11) is 0. The van der Waals surface area contributed by atoms with E-state index in [0.717, 1.165) is 0 Å². The molecule has 0 aliphatic carbocycles. The number of nitrogens with two attached hydrogens (primary N) is 4. The van der Waals surface area contributed by atoms with Crippen LogP contribution in [-0.4, -0.2) is 93.7 Å². The van der Waals surface area contributed by atoms with Crippen molar-refractivity contribution in [1.29, 1.82) is 0 Å². The van der Waals surface area contributed by atoms with Crippen molar-refractivity contribution in [2.75, 3.05) is 19.7 Å². The number of amides is 3. The lowest BCUT2D eigenvalue weighted by molar-refractivity contribution is -0.142. The van der Waals surface area contributed by atoms with E-state index in [1.54, 1.807) is 0 Å². The highest BCUT2D eigenvalue weighted by atomic mass is 16.4. The normalized spacial score (nSPS) is 14.0. The van der Waals surface area contributed by atoms with Gasteiger partial charge in [-0.15, -0.1) is 0 Å². The molecule has 16 nitrogen and oxygen atoms in total. The highest BCUT2D eigenvalue weighted by Gasteiger charge is 2.30. The number of nitrogens with zero attached hydrogens (tertiary/aromatic N) is 2. The maximum absolute atomic E-state index is 12.9. The smallest absolute Gasteiger partial charge is 0.326 e. The summed E-state index contributed by atoms with van der Waals surface area (Å²) in [6, 6.07) is -4.80. The molecule has 37 heavy (non-hydrogen) atoms. The summed E-state index contributed by atoms with van der Waals surface area (Å²) in [5.41, 5.74) is 22.5. The number of carboxylic acids is 1. The number of aliphatic carboxylic acids is 1. The van der Waals surface area contributed by atoms with Crippen LogP contribution in [0.25, 0.3) is 0 Å². The molecule has 0 bridgehead atoms. The summed E-state index contributed by atoms with van der Waals surface area (Å²) in [5, 5.41) is 26.3. The van der Waals surface area contributed by atoms with Gasteiger partial charge in [0.25, 0.3) is 0 Å². The molecule has 1 aromatic heterocycles. The summed E-state index contributed by atoms with van der Waals surface area (Å²) in [5.74, 6) is -3.70. The summed E-state index contributed by atoms with van der Waals surface area (Å²) >= 11 is 0. The largest absolute Gasteiger partial charge is 0.480 e. The average Bonchev–Trinajstić information content (AvgIpc) is 3.36. The van der Waals surface area contributed by atoms with E-state index in [0.29, 0.717) is 25.1 Å². The molecule has 0 saturated carbocycles. The number of unbranched alkanes of at least 4 members (excludes halogenated alkanes) is 1. The second-order valence-corrected chi connectivity index (χ2v) is 8.33. The number of aromatic amines is 1. The Morgan fingerprint density at radius 1 is 0.973 bits per heavy atom. The van der Waals surface area contributed by atoms with Crippen LogP contribution in [0.15, 0.2) is 17.5 Å². The van der Waals surface area contributed by atoms with Crippen LogP contribution in [0.1, 0.15) is 37.8 Å². The van der Waals surface area contributed by atoms with Crippen molar-refractivity contribution in [2.45, 2.75) is 62.7 Å². The molecule has 4 unspecified atom stereocenters. The van der Waals surface area contributed by atoms with Crippen LogP contribution >= 0.6 is 0 Å². The molecule has 0 aromatic carbocycles. The van der Waals surface area contributed by atoms with E-state index in [-0.39, 0.29) is 38.2 Å². The zero-order valence-corrected chi connectivity index (χ0v) is 20.6. The third kappa shape index (κ3) is 12.2. The van der Waals surface area contributed by atoms with Gasteiger partial charge in [-0.2, -0.15) is 0 Å². The number of imidazole rings is 1. The quantitative estimate of drug-likeness (QED) is 0.0499. The number of H-pyrrole nitrogens is 1. The van der Waals surface area contributed by atoms with Crippen molar-refractivity contribution in [3.05, 3.63) is 18.2 Å². The van der Waals surface area contributed by atoms with Crippen LogP contribution in [0.2, 0.25) is 0 Å². The minimum absolute atomic E-state index is 0.00986. The number of nitrogens with one attached hydrogen (secondary N) is 4. The molecule has 16 heteroatoms. The minimum Gasteiger partial charge on any atom is -0.480 e. The lowest BCUT2D eigenvalue weighted by Crippen LogP contribution is -2.58. The molecule has 0 aliphatic heterocycles. The first-order valence-electron chi connectivity index (χ1n) is 11.8. The lowest BCUT2D eigenvalue weighted by atomic mass is 10.1. The number of hydrogen-bond acceptors (Lipinski definition) is 9. The standard InChI is InChI=1S/C21H38N10O6/c22-6-2-1-4-14(29-17(33)13(23)8-12-9-26-11-28-12)18(34)31-16(10-32)19(35)30-15(20(36)37)5-3-7-27-21(24)25/h9,11,13-16,32H,1-8,10,22-23H2,(H,26,28)(H,29,33)(H,30,35)(H,31,34)(H,36,37)(H4,24,25,27). The molecule has 208 valence electrons. The van der Waals surface area contributed by atoms with Gasteiger partial charge >= 0.3 is 5.97 Å². The van der Waals surface area contributed by atoms with E-state index in [1.165, 1.54) is 12.5 Å². The van der Waals surface area contributed by atoms with Crippen molar-refractivity contribution in [3.8, 4) is 0 Å². The number of rotatable bonds is 18. The van der Waals surface area contributed by atoms with Gasteiger partial charge in [0.15, 0.2) is 5.96 Å². The SMILES string of the molecule is NCCCCC(NC(=O)C(N)Cc1cnc[nH]1)C(=O)NC(CO)C(=O)NC(CCCN=C(N)N)C(=O)O. The Labute approximate surface area is 214 Å². The Morgan fingerprint density at radius 2 is 1.59 bits per heavy atom. The van der Waals surface area contributed by atoms with E-state index in [4.69, 9.17) is 22.9 Å². The van der Waals surface area contributed by atoms with Gasteiger partial charge in [-0.1, -0.05) is 0 Å². The Balaban J connectivity index is 2.79. The van der Waals surface area contributed by atoms with E-state index >= 15 is 0 Å². The predicted molar refractivity (Wildman–Crippen MR) is 134 cm³/mol. The van der Waals surface area contributed by atoms with Crippen LogP contribution in [0.4, 0.5) is 0 Å². The van der Waals surface area contributed by atoms with E-state index in [9.17, 15) is 29.4 Å². The number of aliphatic imine (C=N–C) groups is 1. The van der Waals surface area contributed by atoms with Gasteiger partial charge in [-0.25, -0.2) is 9.78 Å². The third-order valence-corrected chi connectivity index (χ3v) is 5.29. The maximum Gasteiger partial charge on any atom is 0.326 e. The van der Waals surface area contributed by atoms with Crippen molar-refractivity contribution >= 4 is 29.7 Å². The van der Waals surface area contributed by atoms with Crippen molar-refractivity contribution in [2.24, 2.45) is 27.9 Å². The number of carbonyl (C=O) groups excluding carboxylic acids is 3. The second-order valence-electron chi connectivity index (χ2n) is 8.33. The number of aliphatic hydroxyl groups is 1.